The van der Waals surface area contributed by atoms with E-state index in [-0.39, 0.29) is 24.0 Å². The van der Waals surface area contributed by atoms with Gasteiger partial charge in [0.05, 0.1) is 6.61 Å². The molecule has 1 amide bonds. The van der Waals surface area contributed by atoms with E-state index in [4.69, 9.17) is 4.74 Å². The zero-order valence-electron chi connectivity index (χ0n) is 13.3. The Morgan fingerprint density at radius 3 is 3.05 bits per heavy atom. The highest BCUT2D eigenvalue weighted by molar-refractivity contribution is 5.67. The van der Waals surface area contributed by atoms with Crippen molar-refractivity contribution in [2.24, 2.45) is 0 Å². The number of amides is 1. The maximum atomic E-state index is 13.2. The number of benzene rings is 1. The van der Waals surface area contributed by atoms with Crippen LogP contribution in [0.15, 0.2) is 18.2 Å². The van der Waals surface area contributed by atoms with E-state index in [0.717, 1.165) is 43.4 Å². The van der Waals surface area contributed by atoms with E-state index in [1.54, 1.807) is 6.07 Å². The van der Waals surface area contributed by atoms with Gasteiger partial charge in [-0.15, -0.1) is 0 Å². The van der Waals surface area contributed by atoms with Gasteiger partial charge < -0.3 is 15.4 Å². The Morgan fingerprint density at radius 2 is 2.32 bits per heavy atom. The van der Waals surface area contributed by atoms with Crippen LogP contribution in [0.1, 0.15) is 49.8 Å². The Bertz CT molecular complexity index is 507. The molecule has 2 rings (SSSR count). The summed E-state index contributed by atoms with van der Waals surface area (Å²) >= 11 is 0. The van der Waals surface area contributed by atoms with Crippen LogP contribution in [0.25, 0.3) is 0 Å². The largest absolute Gasteiger partial charge is 0.450 e. The van der Waals surface area contributed by atoms with Crippen LogP contribution in [0.2, 0.25) is 0 Å². The summed E-state index contributed by atoms with van der Waals surface area (Å²) in [6, 6.07) is 5.08. The molecular formula is C17H25FN2O2. The molecule has 0 saturated carbocycles. The number of hydrogen-bond acceptors (Lipinski definition) is 3. The Balaban J connectivity index is 1.90. The first-order valence-electron chi connectivity index (χ1n) is 8.03. The van der Waals surface area contributed by atoms with E-state index in [9.17, 15) is 9.18 Å². The molecule has 2 N–H and O–H groups in total. The molecule has 4 nitrogen and oxygen atoms in total. The summed E-state index contributed by atoms with van der Waals surface area (Å²) in [5, 5.41) is 6.37. The molecule has 1 heterocycles. The van der Waals surface area contributed by atoms with Gasteiger partial charge >= 0.3 is 6.09 Å². The Morgan fingerprint density at radius 1 is 1.50 bits per heavy atom. The van der Waals surface area contributed by atoms with E-state index < -0.39 is 0 Å². The third-order valence-electron chi connectivity index (χ3n) is 4.06. The second-order valence-corrected chi connectivity index (χ2v) is 5.86. The predicted molar refractivity (Wildman–Crippen MR) is 84.3 cm³/mol. The number of unbranched alkanes of at least 4 members (excludes halogenated alkanes) is 1. The Labute approximate surface area is 131 Å². The number of halogens is 1. The second kappa shape index (κ2) is 8.13. The van der Waals surface area contributed by atoms with Crippen LogP contribution in [0.3, 0.4) is 0 Å². The summed E-state index contributed by atoms with van der Waals surface area (Å²) in [5.74, 6) is -0.216. The zero-order chi connectivity index (χ0) is 15.9. The van der Waals surface area contributed by atoms with Gasteiger partial charge in [-0.2, -0.15) is 0 Å². The molecule has 2 atom stereocenters. The topological polar surface area (TPSA) is 50.4 Å². The first kappa shape index (κ1) is 16.7. The molecular weight excluding hydrogens is 283 g/mol. The van der Waals surface area contributed by atoms with E-state index in [0.29, 0.717) is 6.61 Å². The van der Waals surface area contributed by atoms with Crippen LogP contribution in [0.4, 0.5) is 9.18 Å². The average Bonchev–Trinajstić information content (AvgIpc) is 2.47. The molecule has 0 aliphatic carbocycles. The molecule has 1 aliphatic rings. The molecule has 22 heavy (non-hydrogen) atoms. The highest BCUT2D eigenvalue weighted by Crippen LogP contribution is 2.26. The fraction of sp³-hybridized carbons (Fsp3) is 0.588. The highest BCUT2D eigenvalue weighted by atomic mass is 19.1. The van der Waals surface area contributed by atoms with Crippen LogP contribution >= 0.6 is 0 Å². The predicted octanol–water partition coefficient (Wildman–Crippen LogP) is 3.45. The molecule has 1 aromatic rings. The van der Waals surface area contributed by atoms with Crippen molar-refractivity contribution in [3.8, 4) is 0 Å². The second-order valence-electron chi connectivity index (χ2n) is 5.86. The summed E-state index contributed by atoms with van der Waals surface area (Å²) in [6.45, 7) is 5.26. The summed E-state index contributed by atoms with van der Waals surface area (Å²) in [7, 11) is 0. The Kier molecular flexibility index (Phi) is 6.19. The number of carbonyl (C=O) groups is 1. The first-order chi connectivity index (χ1) is 10.6. The smallest absolute Gasteiger partial charge is 0.407 e. The van der Waals surface area contributed by atoms with Gasteiger partial charge in [-0.3, -0.25) is 0 Å². The highest BCUT2D eigenvalue weighted by Gasteiger charge is 2.25. The Hall–Kier alpha value is -1.62. The van der Waals surface area contributed by atoms with Gasteiger partial charge in [-0.25, -0.2) is 9.18 Å². The van der Waals surface area contributed by atoms with Crippen molar-refractivity contribution in [3.63, 3.8) is 0 Å². The monoisotopic (exact) mass is 308 g/mol. The SMILES string of the molecule is CCCCOC(=O)N[C@H]1CCN[C@@H](c2ccc(F)cc2C)C1. The van der Waals surface area contributed by atoms with Gasteiger partial charge in [0.2, 0.25) is 0 Å². The molecule has 0 unspecified atom stereocenters. The number of hydrogen-bond donors (Lipinski definition) is 2. The molecule has 0 radical (unpaired) electrons. The number of rotatable bonds is 5. The van der Waals surface area contributed by atoms with Crippen molar-refractivity contribution in [1.29, 1.82) is 0 Å². The standard InChI is InChI=1S/C17H25FN2O2/c1-3-4-9-22-17(21)20-14-7-8-19-16(11-14)15-6-5-13(18)10-12(15)2/h5-6,10,14,16,19H,3-4,7-9,11H2,1-2H3,(H,20,21)/t14-,16+/m0/s1. The lowest BCUT2D eigenvalue weighted by Gasteiger charge is -2.31. The molecule has 122 valence electrons. The molecule has 1 saturated heterocycles. The van der Waals surface area contributed by atoms with Gasteiger partial charge in [0, 0.05) is 12.1 Å². The maximum Gasteiger partial charge on any atom is 0.407 e. The zero-order valence-corrected chi connectivity index (χ0v) is 13.3. The fourth-order valence-electron chi connectivity index (χ4n) is 2.83. The molecule has 1 aliphatic heterocycles. The minimum Gasteiger partial charge on any atom is -0.450 e. The van der Waals surface area contributed by atoms with Crippen molar-refractivity contribution >= 4 is 6.09 Å². The molecule has 1 fully saturated rings. The maximum absolute atomic E-state index is 13.2. The molecule has 0 spiro atoms. The number of aryl methyl sites for hydroxylation is 1. The average molecular weight is 308 g/mol. The summed E-state index contributed by atoms with van der Waals surface area (Å²) in [6.07, 6.45) is 3.22. The van der Waals surface area contributed by atoms with Gasteiger partial charge in [0.15, 0.2) is 0 Å². The van der Waals surface area contributed by atoms with Crippen LogP contribution < -0.4 is 10.6 Å². The normalized spacial score (nSPS) is 21.4. The number of piperidine rings is 1. The van der Waals surface area contributed by atoms with Gasteiger partial charge in [-0.1, -0.05) is 19.4 Å². The van der Waals surface area contributed by atoms with Gasteiger partial charge in [-0.05, 0) is 56.0 Å². The molecule has 0 bridgehead atoms. The lowest BCUT2D eigenvalue weighted by Crippen LogP contribution is -2.44. The van der Waals surface area contributed by atoms with Crippen molar-refractivity contribution in [2.45, 2.75) is 51.6 Å². The van der Waals surface area contributed by atoms with Crippen molar-refractivity contribution in [3.05, 3.63) is 35.1 Å². The van der Waals surface area contributed by atoms with Gasteiger partial charge in [0.25, 0.3) is 0 Å². The third kappa shape index (κ3) is 4.70. The van der Waals surface area contributed by atoms with Crippen molar-refractivity contribution in [1.82, 2.24) is 10.6 Å². The van der Waals surface area contributed by atoms with E-state index in [1.807, 2.05) is 13.0 Å². The summed E-state index contributed by atoms with van der Waals surface area (Å²) < 4.78 is 18.4. The summed E-state index contributed by atoms with van der Waals surface area (Å²) in [5.41, 5.74) is 2.02. The molecule has 0 aromatic heterocycles. The molecule has 1 aromatic carbocycles. The number of ether oxygens (including phenoxy) is 1. The quantitative estimate of drug-likeness (QED) is 0.819. The molecule has 5 heteroatoms. The van der Waals surface area contributed by atoms with Crippen LogP contribution in [-0.4, -0.2) is 25.3 Å². The van der Waals surface area contributed by atoms with E-state index in [1.165, 1.54) is 6.07 Å². The van der Waals surface area contributed by atoms with E-state index in [2.05, 4.69) is 17.6 Å². The van der Waals surface area contributed by atoms with Crippen LogP contribution in [0, 0.1) is 12.7 Å². The van der Waals surface area contributed by atoms with Crippen molar-refractivity contribution < 1.29 is 13.9 Å². The summed E-state index contributed by atoms with van der Waals surface area (Å²) in [4.78, 5) is 11.7. The minimum absolute atomic E-state index is 0.0878. The third-order valence-corrected chi connectivity index (χ3v) is 4.06. The van der Waals surface area contributed by atoms with Crippen LogP contribution in [-0.2, 0) is 4.74 Å². The lowest BCUT2D eigenvalue weighted by atomic mass is 9.91. The fourth-order valence-corrected chi connectivity index (χ4v) is 2.83. The minimum atomic E-state index is -0.338. The number of nitrogens with one attached hydrogen (secondary N) is 2. The lowest BCUT2D eigenvalue weighted by molar-refractivity contribution is 0.136. The van der Waals surface area contributed by atoms with Crippen molar-refractivity contribution in [2.75, 3.05) is 13.2 Å². The number of alkyl carbamates (subject to hydrolysis) is 1. The van der Waals surface area contributed by atoms with E-state index >= 15 is 0 Å². The number of carbonyl (C=O) groups excluding carboxylic acids is 1. The van der Waals surface area contributed by atoms with Crippen LogP contribution in [0.5, 0.6) is 0 Å². The first-order valence-corrected chi connectivity index (χ1v) is 8.03. The van der Waals surface area contributed by atoms with Gasteiger partial charge in [0.1, 0.15) is 5.82 Å².